The van der Waals surface area contributed by atoms with Crippen LogP contribution < -0.4 is 5.32 Å². The van der Waals surface area contributed by atoms with Gasteiger partial charge in [0.05, 0.1) is 11.4 Å². The van der Waals surface area contributed by atoms with E-state index in [2.05, 4.69) is 41.6 Å². The van der Waals surface area contributed by atoms with Crippen LogP contribution >= 0.6 is 23.2 Å². The Hall–Kier alpha value is -1.97. The lowest BCUT2D eigenvalue weighted by Crippen LogP contribution is -2.26. The summed E-state index contributed by atoms with van der Waals surface area (Å²) in [6.07, 6.45) is -0.228. The predicted molar refractivity (Wildman–Crippen MR) is 95.4 cm³/mol. The van der Waals surface area contributed by atoms with E-state index < -0.39 is 0 Å². The SMILES string of the molecule is Cc1cc2n(n1)C(c1c(Cl)cccc1Cl)Nc1c(C)cccc1-2. The van der Waals surface area contributed by atoms with Crippen LogP contribution in [0.3, 0.4) is 0 Å². The van der Waals surface area contributed by atoms with Gasteiger partial charge in [0.25, 0.3) is 0 Å². The molecule has 0 bridgehead atoms. The van der Waals surface area contributed by atoms with Crippen molar-refractivity contribution in [1.82, 2.24) is 9.78 Å². The van der Waals surface area contributed by atoms with Gasteiger partial charge in [-0.05, 0) is 37.6 Å². The van der Waals surface area contributed by atoms with Crippen molar-refractivity contribution in [3.8, 4) is 11.3 Å². The number of anilines is 1. The van der Waals surface area contributed by atoms with Gasteiger partial charge in [-0.15, -0.1) is 0 Å². The lowest BCUT2D eigenvalue weighted by Gasteiger charge is -2.31. The van der Waals surface area contributed by atoms with Crippen molar-refractivity contribution in [3.05, 3.63) is 69.3 Å². The minimum absolute atomic E-state index is 0.228. The maximum atomic E-state index is 6.44. The number of fused-ring (bicyclic) bond motifs is 3. The van der Waals surface area contributed by atoms with Gasteiger partial charge in [-0.2, -0.15) is 5.10 Å². The van der Waals surface area contributed by atoms with Crippen molar-refractivity contribution in [1.29, 1.82) is 0 Å². The second kappa shape index (κ2) is 5.29. The number of nitrogens with one attached hydrogen (secondary N) is 1. The lowest BCUT2D eigenvalue weighted by molar-refractivity contribution is 0.571. The first-order valence-corrected chi connectivity index (χ1v) is 8.18. The monoisotopic (exact) mass is 343 g/mol. The Bertz CT molecular complexity index is 894. The molecule has 2 heterocycles. The van der Waals surface area contributed by atoms with Gasteiger partial charge in [-0.25, -0.2) is 4.68 Å². The number of para-hydroxylation sites is 1. The number of nitrogens with zero attached hydrogens (tertiary/aromatic N) is 2. The first-order valence-electron chi connectivity index (χ1n) is 7.43. The predicted octanol–water partition coefficient (Wildman–Crippen LogP) is 5.45. The molecule has 1 unspecified atom stereocenters. The van der Waals surface area contributed by atoms with Crippen LogP contribution in [0, 0.1) is 13.8 Å². The Morgan fingerprint density at radius 2 is 1.74 bits per heavy atom. The van der Waals surface area contributed by atoms with E-state index in [0.717, 1.165) is 28.2 Å². The fraction of sp³-hybridized carbons (Fsp3) is 0.167. The number of aromatic nitrogens is 2. The van der Waals surface area contributed by atoms with E-state index in [1.165, 1.54) is 5.56 Å². The fourth-order valence-corrected chi connectivity index (χ4v) is 3.76. The third-order valence-electron chi connectivity index (χ3n) is 4.21. The second-order valence-electron chi connectivity index (χ2n) is 5.80. The third kappa shape index (κ3) is 2.23. The molecule has 0 spiro atoms. The van der Waals surface area contributed by atoms with Gasteiger partial charge in [0, 0.05) is 26.9 Å². The molecule has 0 saturated heterocycles. The summed E-state index contributed by atoms with van der Waals surface area (Å²) < 4.78 is 1.96. The van der Waals surface area contributed by atoms with Crippen molar-refractivity contribution >= 4 is 28.9 Å². The summed E-state index contributed by atoms with van der Waals surface area (Å²) >= 11 is 12.9. The van der Waals surface area contributed by atoms with Gasteiger partial charge >= 0.3 is 0 Å². The minimum atomic E-state index is -0.228. The Balaban J connectivity index is 1.99. The van der Waals surface area contributed by atoms with Crippen molar-refractivity contribution in [2.45, 2.75) is 20.0 Å². The minimum Gasteiger partial charge on any atom is -0.359 e. The average Bonchev–Trinajstić information content (AvgIpc) is 2.90. The molecule has 1 aromatic heterocycles. The zero-order chi connectivity index (χ0) is 16.1. The molecule has 4 rings (SSSR count). The highest BCUT2D eigenvalue weighted by Gasteiger charge is 2.29. The summed E-state index contributed by atoms with van der Waals surface area (Å²) in [5.74, 6) is 0. The molecule has 2 aromatic carbocycles. The number of aryl methyl sites for hydroxylation is 2. The Kier molecular flexibility index (Phi) is 3.36. The molecular formula is C18H15Cl2N3. The molecule has 1 aliphatic heterocycles. The van der Waals surface area contributed by atoms with Crippen LogP contribution in [-0.2, 0) is 0 Å². The summed E-state index contributed by atoms with van der Waals surface area (Å²) in [6, 6.07) is 13.9. The quantitative estimate of drug-likeness (QED) is 0.636. The van der Waals surface area contributed by atoms with Gasteiger partial charge in [0.2, 0.25) is 0 Å². The zero-order valence-corrected chi connectivity index (χ0v) is 14.3. The van der Waals surface area contributed by atoms with E-state index >= 15 is 0 Å². The molecule has 3 nitrogen and oxygen atoms in total. The zero-order valence-electron chi connectivity index (χ0n) is 12.8. The molecule has 0 fully saturated rings. The molecule has 0 radical (unpaired) electrons. The standard InChI is InChI=1S/C18H15Cl2N3/c1-10-5-3-6-12-15-9-11(2)22-23(15)18(21-17(10)12)16-13(19)7-4-8-14(16)20/h3-9,18,21H,1-2H3. The molecule has 1 aliphatic rings. The molecule has 5 heteroatoms. The van der Waals surface area contributed by atoms with Gasteiger partial charge in [-0.1, -0.05) is 47.5 Å². The Morgan fingerprint density at radius 1 is 1.04 bits per heavy atom. The van der Waals surface area contributed by atoms with Crippen molar-refractivity contribution in [3.63, 3.8) is 0 Å². The largest absolute Gasteiger partial charge is 0.359 e. The maximum absolute atomic E-state index is 6.44. The van der Waals surface area contributed by atoms with Crippen LogP contribution in [0.5, 0.6) is 0 Å². The van der Waals surface area contributed by atoms with Crippen molar-refractivity contribution < 1.29 is 0 Å². The van der Waals surface area contributed by atoms with E-state index in [0.29, 0.717) is 10.0 Å². The summed E-state index contributed by atoms with van der Waals surface area (Å²) in [6.45, 7) is 4.09. The molecular weight excluding hydrogens is 329 g/mol. The third-order valence-corrected chi connectivity index (χ3v) is 4.86. The Morgan fingerprint density at radius 3 is 2.48 bits per heavy atom. The molecule has 1 atom stereocenters. The van der Waals surface area contributed by atoms with Crippen LogP contribution in [0.1, 0.15) is 23.0 Å². The van der Waals surface area contributed by atoms with Gasteiger partial charge < -0.3 is 5.32 Å². The average molecular weight is 344 g/mol. The number of hydrogen-bond donors (Lipinski definition) is 1. The highest BCUT2D eigenvalue weighted by molar-refractivity contribution is 6.36. The lowest BCUT2D eigenvalue weighted by atomic mass is 10.0. The fourth-order valence-electron chi connectivity index (χ4n) is 3.15. The molecule has 116 valence electrons. The van der Waals surface area contributed by atoms with E-state index in [1.807, 2.05) is 29.8 Å². The van der Waals surface area contributed by atoms with Crippen LogP contribution in [0.4, 0.5) is 5.69 Å². The second-order valence-corrected chi connectivity index (χ2v) is 6.61. The first-order chi connectivity index (χ1) is 11.1. The van der Waals surface area contributed by atoms with Crippen molar-refractivity contribution in [2.75, 3.05) is 5.32 Å². The van der Waals surface area contributed by atoms with Crippen LogP contribution in [0.2, 0.25) is 10.0 Å². The number of rotatable bonds is 1. The maximum Gasteiger partial charge on any atom is 0.150 e. The van der Waals surface area contributed by atoms with Gasteiger partial charge in [0.15, 0.2) is 0 Å². The molecule has 23 heavy (non-hydrogen) atoms. The highest BCUT2D eigenvalue weighted by Crippen LogP contribution is 2.43. The summed E-state index contributed by atoms with van der Waals surface area (Å²) in [5, 5.41) is 9.48. The first kappa shape index (κ1) is 14.6. The molecule has 1 N–H and O–H groups in total. The molecule has 0 aliphatic carbocycles. The highest BCUT2D eigenvalue weighted by atomic mass is 35.5. The summed E-state index contributed by atoms with van der Waals surface area (Å²) in [7, 11) is 0. The molecule has 0 saturated carbocycles. The molecule has 0 amide bonds. The normalized spacial score (nSPS) is 15.7. The molecule has 3 aromatic rings. The summed E-state index contributed by atoms with van der Waals surface area (Å²) in [4.78, 5) is 0. The topological polar surface area (TPSA) is 29.9 Å². The van der Waals surface area contributed by atoms with E-state index in [1.54, 1.807) is 0 Å². The smallest absolute Gasteiger partial charge is 0.150 e. The van der Waals surface area contributed by atoms with Crippen molar-refractivity contribution in [2.24, 2.45) is 0 Å². The van der Waals surface area contributed by atoms with Gasteiger partial charge in [-0.3, -0.25) is 0 Å². The van der Waals surface area contributed by atoms with Crippen LogP contribution in [0.25, 0.3) is 11.3 Å². The number of halogens is 2. The Labute approximate surface area is 144 Å². The van der Waals surface area contributed by atoms with E-state index in [4.69, 9.17) is 23.2 Å². The van der Waals surface area contributed by atoms with Crippen LogP contribution in [0.15, 0.2) is 42.5 Å². The number of hydrogen-bond acceptors (Lipinski definition) is 2. The van der Waals surface area contributed by atoms with Gasteiger partial charge in [0.1, 0.15) is 6.17 Å². The summed E-state index contributed by atoms with van der Waals surface area (Å²) in [5.41, 5.74) is 6.30. The van der Waals surface area contributed by atoms with E-state index in [9.17, 15) is 0 Å². The van der Waals surface area contributed by atoms with Crippen LogP contribution in [-0.4, -0.2) is 9.78 Å². The number of benzene rings is 2. The van der Waals surface area contributed by atoms with E-state index in [-0.39, 0.29) is 6.17 Å².